The standard InChI is InChI=1S/C126H74N20/c127-75-78-29-27-48-90(67-78)92-55-61-100(110(73-92)145-106-63-57-94(121-134-112(81-31-9-1-10-32-81)130-113(135-121)82-33-11-2-12-34-82)69-102(106)103-70-95(58-64-107(103)145)122-136-114(83-35-13-3-14-36-83)131-115(137-122)84-37-15-4-16-38-84)125-142-120(89-53-51-80(52-54-89)99-50-26-25-47-98(99)77-129)143-126(144-125)101-62-56-93(91-49-28-30-79(68-91)76-128)74-111(101)146-108-65-59-96(123-138-116(85-39-17-5-18-40-85)132-117(139-123)86-41-19-6-20-42-86)71-104(108)105-72-97(60-66-109(105)146)124-140-118(87-43-21-7-22-44-87)133-119(141-124)88-45-23-8-24-46-88/h1-74H. The molecule has 678 valence electrons. The fourth-order valence-electron chi connectivity index (χ4n) is 19.0. The molecule has 18 aromatic carbocycles. The maximum absolute atomic E-state index is 10.7. The molecule has 0 spiro atoms. The quantitative estimate of drug-likeness (QED) is 0.0685. The van der Waals surface area contributed by atoms with E-state index in [2.05, 4.69) is 137 Å². The smallest absolute Gasteiger partial charge is 0.166 e. The van der Waals surface area contributed by atoms with Gasteiger partial charge in [0.15, 0.2) is 87.4 Å². The fraction of sp³-hybridized carbons (Fsp3) is 0. The minimum absolute atomic E-state index is 0.288. The van der Waals surface area contributed by atoms with Crippen molar-refractivity contribution in [3.05, 3.63) is 466 Å². The Labute approximate surface area is 837 Å². The second kappa shape index (κ2) is 37.4. The van der Waals surface area contributed by atoms with Gasteiger partial charge in [0, 0.05) is 105 Å². The lowest BCUT2D eigenvalue weighted by Crippen LogP contribution is -2.06. The number of hydrogen-bond acceptors (Lipinski definition) is 18. The summed E-state index contributed by atoms with van der Waals surface area (Å²) in [5.41, 5.74) is 21.9. The van der Waals surface area contributed by atoms with Crippen LogP contribution in [-0.2, 0) is 0 Å². The SMILES string of the molecule is N#Cc1cccc(-c2ccc(-c3nc(-c4ccc(-c5ccccc5C#N)cc4)nc(-c4ccc(-c5cccc(C#N)c5)cc4-n4c5ccc(-c6nc(-c7ccccc7)nc(-c7ccccc7)n6)cc5c5cc(-c6nc(-c7ccccc7)nc(-c7ccccc7)n6)ccc54)n3)c(-n3c4ccc(-c5nc(-c6ccccc6)nc(-c6ccccc6)n5)cc4c4cc(-c5nc(-c6ccccc6)nc(-c6ccccc6)n5)ccc43)c2)c1. The van der Waals surface area contributed by atoms with Gasteiger partial charge in [-0.2, -0.15) is 15.8 Å². The number of benzene rings is 18. The van der Waals surface area contributed by atoms with Gasteiger partial charge in [-0.25, -0.2) is 74.8 Å². The molecule has 7 aromatic heterocycles. The summed E-state index contributed by atoms with van der Waals surface area (Å²) in [6.07, 6.45) is 0. The lowest BCUT2D eigenvalue weighted by Gasteiger charge is -2.18. The van der Waals surface area contributed by atoms with Crippen molar-refractivity contribution in [2.75, 3.05) is 0 Å². The van der Waals surface area contributed by atoms with E-state index in [1.807, 2.05) is 328 Å². The van der Waals surface area contributed by atoms with Gasteiger partial charge in [0.05, 0.1) is 68.3 Å². The Bertz CT molecular complexity index is 8470. The monoisotopic (exact) mass is 1870 g/mol. The van der Waals surface area contributed by atoms with E-state index in [1.165, 1.54) is 0 Å². The van der Waals surface area contributed by atoms with Crippen molar-refractivity contribution in [3.63, 3.8) is 0 Å². The van der Waals surface area contributed by atoms with Crippen LogP contribution in [0.1, 0.15) is 16.7 Å². The van der Waals surface area contributed by atoms with Crippen molar-refractivity contribution in [1.82, 2.24) is 83.9 Å². The van der Waals surface area contributed by atoms with Gasteiger partial charge in [0.1, 0.15) is 0 Å². The molecule has 0 aliphatic heterocycles. The van der Waals surface area contributed by atoms with Gasteiger partial charge in [-0.15, -0.1) is 0 Å². The van der Waals surface area contributed by atoms with E-state index in [1.54, 1.807) is 12.1 Å². The van der Waals surface area contributed by atoms with Crippen molar-refractivity contribution in [3.8, 4) is 234 Å². The minimum Gasteiger partial charge on any atom is -0.308 e. The second-order valence-corrected chi connectivity index (χ2v) is 35.1. The van der Waals surface area contributed by atoms with Gasteiger partial charge in [-0.1, -0.05) is 322 Å². The van der Waals surface area contributed by atoms with E-state index in [9.17, 15) is 15.8 Å². The van der Waals surface area contributed by atoms with Crippen LogP contribution in [0.25, 0.3) is 259 Å². The number of hydrogen-bond donors (Lipinski definition) is 0. The molecule has 0 amide bonds. The molecule has 0 N–H and O–H groups in total. The van der Waals surface area contributed by atoms with Crippen LogP contribution in [0.2, 0.25) is 0 Å². The Hall–Kier alpha value is -20.9. The lowest BCUT2D eigenvalue weighted by molar-refractivity contribution is 1.06. The zero-order valence-corrected chi connectivity index (χ0v) is 77.7. The van der Waals surface area contributed by atoms with Crippen LogP contribution in [0, 0.1) is 34.0 Å². The van der Waals surface area contributed by atoms with Crippen LogP contribution in [0.4, 0.5) is 0 Å². The summed E-state index contributed by atoms with van der Waals surface area (Å²) in [4.78, 5) is 80.5. The maximum atomic E-state index is 10.7. The van der Waals surface area contributed by atoms with Crippen LogP contribution in [0.15, 0.2) is 449 Å². The van der Waals surface area contributed by atoms with Gasteiger partial charge in [-0.05, 0) is 161 Å². The predicted octanol–water partition coefficient (Wildman–Crippen LogP) is 28.4. The molecule has 0 bridgehead atoms. The average Bonchev–Trinajstić information content (AvgIpc) is 1.57. The van der Waals surface area contributed by atoms with Crippen molar-refractivity contribution < 1.29 is 0 Å². The van der Waals surface area contributed by atoms with E-state index in [0.29, 0.717) is 143 Å². The van der Waals surface area contributed by atoms with Crippen molar-refractivity contribution in [2.45, 2.75) is 0 Å². The molecule has 0 fully saturated rings. The molecular weight excluding hydrogens is 1790 g/mol. The van der Waals surface area contributed by atoms with E-state index in [4.69, 9.17) is 74.8 Å². The molecule has 20 nitrogen and oxygen atoms in total. The summed E-state index contributed by atoms with van der Waals surface area (Å²) >= 11 is 0. The number of rotatable bonds is 20. The van der Waals surface area contributed by atoms with Crippen LogP contribution in [-0.4, -0.2) is 83.9 Å². The highest BCUT2D eigenvalue weighted by molar-refractivity contribution is 6.14. The minimum atomic E-state index is 0.288. The summed E-state index contributed by atoms with van der Waals surface area (Å²) < 4.78 is 4.51. The first-order valence-corrected chi connectivity index (χ1v) is 47.5. The Morgan fingerprint density at radius 3 is 0.616 bits per heavy atom. The molecule has 0 unspecified atom stereocenters. The maximum Gasteiger partial charge on any atom is 0.166 e. The Morgan fingerprint density at radius 2 is 0.349 bits per heavy atom. The molecule has 7 heterocycles. The molecule has 25 aromatic rings. The van der Waals surface area contributed by atoms with E-state index >= 15 is 0 Å². The number of nitriles is 3. The molecule has 25 rings (SSSR count). The summed E-state index contributed by atoms with van der Waals surface area (Å²) in [6, 6.07) is 155. The molecular formula is C126H74N20. The predicted molar refractivity (Wildman–Crippen MR) is 574 cm³/mol. The van der Waals surface area contributed by atoms with Crippen molar-refractivity contribution >= 4 is 43.6 Å². The third-order valence-electron chi connectivity index (χ3n) is 26.1. The second-order valence-electron chi connectivity index (χ2n) is 35.1. The Kier molecular flexibility index (Phi) is 22.2. The third-order valence-corrected chi connectivity index (χ3v) is 26.1. The van der Waals surface area contributed by atoms with Gasteiger partial charge >= 0.3 is 0 Å². The number of aromatic nitrogens is 17. The normalized spacial score (nSPS) is 11.3. The summed E-state index contributed by atoms with van der Waals surface area (Å²) in [5.74, 6) is 6.72. The first-order valence-electron chi connectivity index (χ1n) is 47.5. The van der Waals surface area contributed by atoms with Gasteiger partial charge < -0.3 is 9.13 Å². The van der Waals surface area contributed by atoms with E-state index < -0.39 is 0 Å². The van der Waals surface area contributed by atoms with E-state index in [0.717, 1.165) is 122 Å². The topological polar surface area (TPSA) is 275 Å². The molecule has 0 saturated heterocycles. The molecule has 0 radical (unpaired) electrons. The van der Waals surface area contributed by atoms with Crippen LogP contribution in [0.3, 0.4) is 0 Å². The van der Waals surface area contributed by atoms with Gasteiger partial charge in [0.2, 0.25) is 0 Å². The largest absolute Gasteiger partial charge is 0.308 e. The van der Waals surface area contributed by atoms with Crippen molar-refractivity contribution in [2.24, 2.45) is 0 Å². The summed E-state index contributed by atoms with van der Waals surface area (Å²) in [5, 5.41) is 35.2. The molecule has 0 aliphatic rings. The molecule has 0 atom stereocenters. The highest BCUT2D eigenvalue weighted by Crippen LogP contribution is 2.46. The average molecular weight is 1870 g/mol. The zero-order chi connectivity index (χ0) is 97.5. The fourth-order valence-corrected chi connectivity index (χ4v) is 19.0. The third kappa shape index (κ3) is 16.6. The molecule has 146 heavy (non-hydrogen) atoms. The molecule has 0 aliphatic carbocycles. The first-order chi connectivity index (χ1) is 72.1. The summed E-state index contributed by atoms with van der Waals surface area (Å²) in [6.45, 7) is 0. The lowest BCUT2D eigenvalue weighted by atomic mass is 9.98. The molecule has 0 saturated carbocycles. The Morgan fingerprint density at radius 1 is 0.144 bits per heavy atom. The zero-order valence-electron chi connectivity index (χ0n) is 77.7. The van der Waals surface area contributed by atoms with Gasteiger partial charge in [0.25, 0.3) is 0 Å². The van der Waals surface area contributed by atoms with Crippen molar-refractivity contribution in [1.29, 1.82) is 15.8 Å². The van der Waals surface area contributed by atoms with Gasteiger partial charge in [-0.3, -0.25) is 0 Å². The summed E-state index contributed by atoms with van der Waals surface area (Å²) in [7, 11) is 0. The number of nitrogens with zero attached hydrogens (tertiary/aromatic N) is 20. The number of fused-ring (bicyclic) bond motifs is 6. The van der Waals surface area contributed by atoms with Crippen LogP contribution >= 0.6 is 0 Å². The first kappa shape index (κ1) is 86.6. The van der Waals surface area contributed by atoms with E-state index in [-0.39, 0.29) is 11.6 Å². The Balaban J connectivity index is 0.757. The molecule has 20 heteroatoms. The van der Waals surface area contributed by atoms with Crippen LogP contribution < -0.4 is 0 Å². The highest BCUT2D eigenvalue weighted by atomic mass is 15.1. The van der Waals surface area contributed by atoms with Crippen LogP contribution in [0.5, 0.6) is 0 Å². The highest BCUT2D eigenvalue weighted by Gasteiger charge is 2.29.